The number of aliphatic imine (C=N–C) groups is 1. The van der Waals surface area contributed by atoms with Crippen LogP contribution in [0.2, 0.25) is 0 Å². The molecule has 5 nitrogen and oxygen atoms in total. The predicted octanol–water partition coefficient (Wildman–Crippen LogP) is 1.69. The van der Waals surface area contributed by atoms with E-state index < -0.39 is 12.7 Å². The third-order valence-electron chi connectivity index (χ3n) is 2.34. The van der Waals surface area contributed by atoms with Crippen molar-refractivity contribution < 1.29 is 17.9 Å². The number of hydrogen-bond donors (Lipinski definition) is 2. The van der Waals surface area contributed by atoms with Gasteiger partial charge in [-0.2, -0.15) is 13.2 Å². The Bertz CT molecular complexity index is 290. The van der Waals surface area contributed by atoms with Gasteiger partial charge in [-0.3, -0.25) is 9.89 Å². The summed E-state index contributed by atoms with van der Waals surface area (Å²) in [6, 6.07) is 0.0747. The summed E-state index contributed by atoms with van der Waals surface area (Å²) in [5.41, 5.74) is 0. The van der Waals surface area contributed by atoms with Gasteiger partial charge in [0.15, 0.2) is 5.96 Å². The number of likely N-dealkylation sites (N-methyl/N-ethyl adjacent to an activating group) is 1. The third-order valence-corrected chi connectivity index (χ3v) is 2.34. The van der Waals surface area contributed by atoms with Crippen LogP contribution in [0.15, 0.2) is 4.99 Å². The van der Waals surface area contributed by atoms with E-state index in [1.165, 1.54) is 11.9 Å². The fraction of sp³-hybridized carbons (Fsp3) is 0.917. The monoisotopic (exact) mass is 426 g/mol. The van der Waals surface area contributed by atoms with E-state index in [9.17, 15) is 13.2 Å². The molecule has 0 aromatic carbocycles. The van der Waals surface area contributed by atoms with Crippen molar-refractivity contribution in [1.29, 1.82) is 0 Å². The number of nitrogens with one attached hydrogen (secondary N) is 2. The van der Waals surface area contributed by atoms with E-state index in [2.05, 4.69) is 15.6 Å². The van der Waals surface area contributed by atoms with Crippen molar-refractivity contribution in [1.82, 2.24) is 15.5 Å². The van der Waals surface area contributed by atoms with Crippen molar-refractivity contribution in [3.63, 3.8) is 0 Å². The molecule has 0 aliphatic rings. The van der Waals surface area contributed by atoms with Gasteiger partial charge in [-0.05, 0) is 20.9 Å². The summed E-state index contributed by atoms with van der Waals surface area (Å²) in [6.07, 6.45) is -4.17. The van der Waals surface area contributed by atoms with Crippen molar-refractivity contribution >= 4 is 29.9 Å². The molecule has 0 fully saturated rings. The van der Waals surface area contributed by atoms with Gasteiger partial charge in [0.2, 0.25) is 0 Å². The second kappa shape index (κ2) is 12.3. The van der Waals surface area contributed by atoms with Gasteiger partial charge in [0.1, 0.15) is 0 Å². The molecular formula is C12H26F3IN4O. The van der Waals surface area contributed by atoms with Gasteiger partial charge < -0.3 is 15.4 Å². The highest BCUT2D eigenvalue weighted by Crippen LogP contribution is 2.15. The number of hydrogen-bond acceptors (Lipinski definition) is 3. The summed E-state index contributed by atoms with van der Waals surface area (Å²) in [5, 5.41) is 6.15. The number of guanidine groups is 1. The Morgan fingerprint density at radius 2 is 2.00 bits per heavy atom. The number of halogens is 4. The molecule has 1 atom stereocenters. The minimum Gasteiger partial charge on any atom is -0.383 e. The lowest BCUT2D eigenvalue weighted by Crippen LogP contribution is -2.44. The molecule has 0 saturated heterocycles. The molecule has 0 spiro atoms. The van der Waals surface area contributed by atoms with Gasteiger partial charge in [0.25, 0.3) is 0 Å². The van der Waals surface area contributed by atoms with Crippen LogP contribution in [0.5, 0.6) is 0 Å². The second-order valence-corrected chi connectivity index (χ2v) is 4.61. The molecule has 9 heteroatoms. The van der Waals surface area contributed by atoms with Crippen LogP contribution in [0.4, 0.5) is 13.2 Å². The quantitative estimate of drug-likeness (QED) is 0.353. The summed E-state index contributed by atoms with van der Waals surface area (Å²) in [5.74, 6) is 0.581. The maximum Gasteiger partial charge on any atom is 0.401 e. The molecule has 2 N–H and O–H groups in total. The lowest BCUT2D eigenvalue weighted by atomic mass is 10.4. The largest absolute Gasteiger partial charge is 0.401 e. The molecule has 21 heavy (non-hydrogen) atoms. The van der Waals surface area contributed by atoms with Gasteiger partial charge >= 0.3 is 6.18 Å². The van der Waals surface area contributed by atoms with Crippen molar-refractivity contribution in [3.8, 4) is 0 Å². The summed E-state index contributed by atoms with van der Waals surface area (Å²) in [7, 11) is 3.03. The molecule has 128 valence electrons. The molecule has 0 rings (SSSR count). The maximum absolute atomic E-state index is 12.2. The predicted molar refractivity (Wildman–Crippen MR) is 89.4 cm³/mol. The van der Waals surface area contributed by atoms with E-state index in [-0.39, 0.29) is 36.6 Å². The first-order valence-electron chi connectivity index (χ1n) is 6.57. The summed E-state index contributed by atoms with van der Waals surface area (Å²) >= 11 is 0. The number of ether oxygens (including phenoxy) is 1. The molecule has 0 heterocycles. The zero-order valence-electron chi connectivity index (χ0n) is 13.0. The normalized spacial score (nSPS) is 13.8. The maximum atomic E-state index is 12.2. The highest BCUT2D eigenvalue weighted by Gasteiger charge is 2.28. The van der Waals surface area contributed by atoms with Crippen LogP contribution in [0, 0.1) is 0 Å². The van der Waals surface area contributed by atoms with E-state index in [0.717, 1.165) is 0 Å². The van der Waals surface area contributed by atoms with E-state index in [1.54, 1.807) is 7.11 Å². The van der Waals surface area contributed by atoms with Crippen LogP contribution < -0.4 is 10.6 Å². The van der Waals surface area contributed by atoms with E-state index >= 15 is 0 Å². The lowest BCUT2D eigenvalue weighted by molar-refractivity contribution is -0.142. The van der Waals surface area contributed by atoms with Gasteiger partial charge in [-0.1, -0.05) is 0 Å². The molecule has 0 bridgehead atoms. The van der Waals surface area contributed by atoms with Crippen LogP contribution in [0.3, 0.4) is 0 Å². The average molecular weight is 426 g/mol. The molecule has 0 aromatic rings. The topological polar surface area (TPSA) is 48.9 Å². The smallest absolute Gasteiger partial charge is 0.383 e. The van der Waals surface area contributed by atoms with Crippen LogP contribution >= 0.6 is 24.0 Å². The van der Waals surface area contributed by atoms with Crippen LogP contribution in [0.25, 0.3) is 0 Å². The first-order chi connectivity index (χ1) is 9.28. The van der Waals surface area contributed by atoms with Crippen molar-refractivity contribution in [3.05, 3.63) is 0 Å². The molecule has 0 amide bonds. The minimum atomic E-state index is -4.17. The number of rotatable bonds is 8. The Morgan fingerprint density at radius 1 is 1.38 bits per heavy atom. The van der Waals surface area contributed by atoms with Crippen LogP contribution in [0.1, 0.15) is 13.8 Å². The molecule has 0 radical (unpaired) electrons. The zero-order valence-corrected chi connectivity index (χ0v) is 15.3. The third kappa shape index (κ3) is 14.4. The molecule has 0 aliphatic carbocycles. The van der Waals surface area contributed by atoms with Gasteiger partial charge in [-0.25, -0.2) is 0 Å². The van der Waals surface area contributed by atoms with Crippen molar-refractivity contribution in [2.45, 2.75) is 26.1 Å². The van der Waals surface area contributed by atoms with Crippen molar-refractivity contribution in [2.24, 2.45) is 4.99 Å². The highest BCUT2D eigenvalue weighted by molar-refractivity contribution is 14.0. The Labute approximate surface area is 141 Å². The minimum absolute atomic E-state index is 0. The van der Waals surface area contributed by atoms with Crippen LogP contribution in [-0.4, -0.2) is 70.0 Å². The Morgan fingerprint density at radius 3 is 2.48 bits per heavy atom. The first kappa shape index (κ1) is 23.0. The Hall–Kier alpha value is -0.290. The highest BCUT2D eigenvalue weighted by atomic mass is 127. The van der Waals surface area contributed by atoms with Crippen LogP contribution in [-0.2, 0) is 4.74 Å². The fourth-order valence-electron chi connectivity index (χ4n) is 1.56. The average Bonchev–Trinajstić information content (AvgIpc) is 2.26. The molecule has 0 aromatic heterocycles. The Balaban J connectivity index is 0. The molecule has 0 aliphatic heterocycles. The molecular weight excluding hydrogens is 400 g/mol. The standard InChI is InChI=1S/C12H25F3N4O.HI/c1-5-16-11(18-10(2)8-20-4)17-6-7-19(3)9-12(13,14)15;/h10H,5-9H2,1-4H3,(H2,16,17,18);1H. The number of nitrogens with zero attached hydrogens (tertiary/aromatic N) is 2. The van der Waals surface area contributed by atoms with Gasteiger partial charge in [-0.15, -0.1) is 24.0 Å². The summed E-state index contributed by atoms with van der Waals surface area (Å²) < 4.78 is 41.5. The van der Waals surface area contributed by atoms with Crippen molar-refractivity contribution in [2.75, 3.05) is 46.9 Å². The summed E-state index contributed by atoms with van der Waals surface area (Å²) in [6.45, 7) is 4.69. The number of methoxy groups -OCH3 is 1. The van der Waals surface area contributed by atoms with Gasteiger partial charge in [0.05, 0.1) is 19.7 Å². The Kier molecular flexibility index (Phi) is 13.4. The number of alkyl halides is 3. The van der Waals surface area contributed by atoms with Gasteiger partial charge in [0, 0.05) is 26.2 Å². The van der Waals surface area contributed by atoms with E-state index in [1.807, 2.05) is 13.8 Å². The second-order valence-electron chi connectivity index (χ2n) is 4.61. The first-order valence-corrected chi connectivity index (χ1v) is 6.57. The fourth-order valence-corrected chi connectivity index (χ4v) is 1.56. The molecule has 1 unspecified atom stereocenters. The summed E-state index contributed by atoms with van der Waals surface area (Å²) in [4.78, 5) is 5.44. The SMILES string of the molecule is CCNC(=NCCN(C)CC(F)(F)F)NC(C)COC.I. The zero-order chi connectivity index (χ0) is 15.6. The van der Waals surface area contributed by atoms with E-state index in [4.69, 9.17) is 4.74 Å². The molecule has 0 saturated carbocycles. The lowest BCUT2D eigenvalue weighted by Gasteiger charge is -2.19. The van der Waals surface area contributed by atoms with E-state index in [0.29, 0.717) is 25.7 Å².